The van der Waals surface area contributed by atoms with Gasteiger partial charge in [-0.3, -0.25) is 0 Å². The molecule has 1 nitrogen and oxygen atoms in total. The molecule has 0 aliphatic heterocycles. The van der Waals surface area contributed by atoms with E-state index in [1.807, 2.05) is 18.2 Å². The van der Waals surface area contributed by atoms with Gasteiger partial charge in [0.05, 0.1) is 0 Å². The number of aliphatic hydroxyl groups is 1. The Morgan fingerprint density at radius 3 is 2.27 bits per heavy atom. The van der Waals surface area contributed by atoms with Crippen LogP contribution in [0.5, 0.6) is 0 Å². The van der Waals surface area contributed by atoms with Crippen LogP contribution in [0.3, 0.4) is 0 Å². The average Bonchev–Trinajstić information content (AvgIpc) is 2.16. The van der Waals surface area contributed by atoms with Crippen LogP contribution in [0.25, 0.3) is 0 Å². The molecule has 0 saturated heterocycles. The summed E-state index contributed by atoms with van der Waals surface area (Å²) in [7, 11) is 0. The minimum Gasteiger partial charge on any atom is -0.386 e. The molecule has 0 radical (unpaired) electrons. The molecular formula is C11H13BrCl2O. The Kier molecular flexibility index (Phi) is 4.91. The second kappa shape index (κ2) is 5.53. The van der Waals surface area contributed by atoms with Crippen LogP contribution in [0, 0.1) is 0 Å². The van der Waals surface area contributed by atoms with Gasteiger partial charge in [-0.25, -0.2) is 0 Å². The van der Waals surface area contributed by atoms with Gasteiger partial charge >= 0.3 is 0 Å². The molecule has 0 aromatic heterocycles. The summed E-state index contributed by atoms with van der Waals surface area (Å²) >= 11 is 14.7. The third-order valence-electron chi connectivity index (χ3n) is 2.25. The zero-order chi connectivity index (χ0) is 11.6. The van der Waals surface area contributed by atoms with Crippen LogP contribution in [0.2, 0.25) is 0 Å². The van der Waals surface area contributed by atoms with Crippen LogP contribution in [-0.2, 0) is 0 Å². The number of aliphatic hydroxyl groups excluding tert-OH is 1. The molecule has 15 heavy (non-hydrogen) atoms. The van der Waals surface area contributed by atoms with Crippen molar-refractivity contribution in [3.05, 3.63) is 33.8 Å². The molecule has 0 amide bonds. The first-order valence-electron chi connectivity index (χ1n) is 4.69. The lowest BCUT2D eigenvalue weighted by atomic mass is 10.0. The highest BCUT2D eigenvalue weighted by molar-refractivity contribution is 9.10. The predicted molar refractivity (Wildman–Crippen MR) is 68.7 cm³/mol. The lowest BCUT2D eigenvalue weighted by Crippen LogP contribution is -2.07. The predicted octanol–water partition coefficient (Wildman–Crippen LogP) is 4.41. The molecule has 0 spiro atoms. The van der Waals surface area contributed by atoms with Crippen molar-refractivity contribution in [1.82, 2.24) is 0 Å². The van der Waals surface area contributed by atoms with E-state index < -0.39 is 10.9 Å². The molecule has 0 bridgehead atoms. The van der Waals surface area contributed by atoms with Gasteiger partial charge in [-0.1, -0.05) is 41.9 Å². The van der Waals surface area contributed by atoms with Gasteiger partial charge in [-0.15, -0.1) is 23.2 Å². The zero-order valence-corrected chi connectivity index (χ0v) is 11.6. The highest BCUT2D eigenvalue weighted by atomic mass is 79.9. The van der Waals surface area contributed by atoms with Gasteiger partial charge in [0.15, 0.2) is 0 Å². The van der Waals surface area contributed by atoms with Crippen LogP contribution in [-0.4, -0.2) is 9.94 Å². The molecule has 0 aliphatic carbocycles. The highest BCUT2D eigenvalue weighted by Crippen LogP contribution is 2.31. The van der Waals surface area contributed by atoms with Crippen molar-refractivity contribution in [1.29, 1.82) is 0 Å². The molecule has 0 aliphatic rings. The fraction of sp³-hybridized carbons (Fsp3) is 0.455. The molecule has 1 aromatic rings. The Balaban J connectivity index is 3.03. The Morgan fingerprint density at radius 1 is 1.27 bits per heavy atom. The highest BCUT2D eigenvalue weighted by Gasteiger charge is 2.18. The van der Waals surface area contributed by atoms with Crippen molar-refractivity contribution in [2.75, 3.05) is 0 Å². The fourth-order valence-electron chi connectivity index (χ4n) is 1.28. The summed E-state index contributed by atoms with van der Waals surface area (Å²) in [6, 6.07) is 5.81. The van der Waals surface area contributed by atoms with Crippen molar-refractivity contribution in [3.63, 3.8) is 0 Å². The smallest absolute Gasteiger partial charge is 0.137 e. The van der Waals surface area contributed by atoms with Gasteiger partial charge in [-0.2, -0.15) is 0 Å². The van der Waals surface area contributed by atoms with E-state index in [1.54, 1.807) is 0 Å². The molecule has 1 atom stereocenters. The van der Waals surface area contributed by atoms with E-state index in [-0.39, 0.29) is 0 Å². The minimum atomic E-state index is -0.857. The summed E-state index contributed by atoms with van der Waals surface area (Å²) in [5.41, 5.74) is 1.92. The summed E-state index contributed by atoms with van der Waals surface area (Å²) in [6.45, 7) is 4.23. The molecule has 84 valence electrons. The van der Waals surface area contributed by atoms with Gasteiger partial charge in [0, 0.05) is 4.47 Å². The number of halogens is 3. The first-order chi connectivity index (χ1) is 6.93. The second-order valence-electron chi connectivity index (χ2n) is 3.71. The van der Waals surface area contributed by atoms with Crippen molar-refractivity contribution >= 4 is 39.1 Å². The first kappa shape index (κ1) is 13.3. The van der Waals surface area contributed by atoms with Crippen LogP contribution >= 0.6 is 39.1 Å². The summed E-state index contributed by atoms with van der Waals surface area (Å²) < 4.78 is 0.840. The van der Waals surface area contributed by atoms with Gasteiger partial charge in [-0.05, 0) is 23.1 Å². The van der Waals surface area contributed by atoms with Crippen LogP contribution in [0.15, 0.2) is 22.7 Å². The molecule has 0 saturated carbocycles. The normalized spacial score (nSPS) is 13.6. The molecule has 1 N–H and O–H groups in total. The molecule has 0 heterocycles. The van der Waals surface area contributed by atoms with E-state index in [9.17, 15) is 5.11 Å². The average molecular weight is 312 g/mol. The van der Waals surface area contributed by atoms with E-state index in [0.29, 0.717) is 5.92 Å². The van der Waals surface area contributed by atoms with Crippen LogP contribution in [0.1, 0.15) is 37.0 Å². The number of rotatable bonds is 3. The summed E-state index contributed by atoms with van der Waals surface area (Å²) in [6.07, 6.45) is -0.857. The SMILES string of the molecule is CC(C)c1ccc(C(O)C(Cl)Cl)c(Br)c1. The van der Waals surface area contributed by atoms with Crippen molar-refractivity contribution in [2.45, 2.75) is 30.7 Å². The maximum atomic E-state index is 9.71. The van der Waals surface area contributed by atoms with E-state index >= 15 is 0 Å². The standard InChI is InChI=1S/C11H13BrCl2O/c1-6(2)7-3-4-8(9(12)5-7)10(15)11(13)14/h3-6,10-11,15H,1-2H3. The Morgan fingerprint density at radius 2 is 1.87 bits per heavy atom. The third kappa shape index (κ3) is 3.35. The van der Waals surface area contributed by atoms with Crippen molar-refractivity contribution in [3.8, 4) is 0 Å². The monoisotopic (exact) mass is 310 g/mol. The number of benzene rings is 1. The van der Waals surface area contributed by atoms with Gasteiger partial charge < -0.3 is 5.11 Å². The first-order valence-corrected chi connectivity index (χ1v) is 6.35. The molecule has 1 aromatic carbocycles. The quantitative estimate of drug-likeness (QED) is 0.820. The van der Waals surface area contributed by atoms with Crippen LogP contribution in [0.4, 0.5) is 0 Å². The molecular weight excluding hydrogens is 299 g/mol. The number of hydrogen-bond donors (Lipinski definition) is 1. The lowest BCUT2D eigenvalue weighted by Gasteiger charge is -2.15. The van der Waals surface area contributed by atoms with E-state index in [0.717, 1.165) is 10.0 Å². The number of hydrogen-bond acceptors (Lipinski definition) is 1. The summed E-state index contributed by atoms with van der Waals surface area (Å²) in [4.78, 5) is -0.814. The van der Waals surface area contributed by atoms with Gasteiger partial charge in [0.25, 0.3) is 0 Å². The third-order valence-corrected chi connectivity index (χ3v) is 3.41. The van der Waals surface area contributed by atoms with Crippen LogP contribution < -0.4 is 0 Å². The minimum absolute atomic E-state index is 0.454. The molecule has 1 unspecified atom stereocenters. The lowest BCUT2D eigenvalue weighted by molar-refractivity contribution is 0.192. The maximum Gasteiger partial charge on any atom is 0.137 e. The van der Waals surface area contributed by atoms with Crippen molar-refractivity contribution < 1.29 is 5.11 Å². The van der Waals surface area contributed by atoms with Gasteiger partial charge in [0.1, 0.15) is 10.9 Å². The topological polar surface area (TPSA) is 20.2 Å². The van der Waals surface area contributed by atoms with E-state index in [1.165, 1.54) is 5.56 Å². The summed E-state index contributed by atoms with van der Waals surface area (Å²) in [5, 5.41) is 9.71. The summed E-state index contributed by atoms with van der Waals surface area (Å²) in [5.74, 6) is 0.454. The fourth-order valence-corrected chi connectivity index (χ4v) is 2.18. The Bertz CT molecular complexity index is 339. The molecule has 1 rings (SSSR count). The van der Waals surface area contributed by atoms with Crippen molar-refractivity contribution in [2.24, 2.45) is 0 Å². The maximum absolute atomic E-state index is 9.71. The molecule has 0 fully saturated rings. The largest absolute Gasteiger partial charge is 0.386 e. The molecule has 4 heteroatoms. The van der Waals surface area contributed by atoms with Gasteiger partial charge in [0.2, 0.25) is 0 Å². The Hall–Kier alpha value is 0.240. The second-order valence-corrected chi connectivity index (χ2v) is 5.73. The zero-order valence-electron chi connectivity index (χ0n) is 8.55. The van der Waals surface area contributed by atoms with E-state index in [4.69, 9.17) is 23.2 Å². The van der Waals surface area contributed by atoms with E-state index in [2.05, 4.69) is 29.8 Å². The number of alkyl halides is 2. The Labute approximate surface area is 109 Å².